The fourth-order valence-corrected chi connectivity index (χ4v) is 5.27. The van der Waals surface area contributed by atoms with E-state index in [0.29, 0.717) is 13.0 Å². The molecule has 6 heteroatoms. The van der Waals surface area contributed by atoms with Gasteiger partial charge in [-0.05, 0) is 51.2 Å². The Morgan fingerprint density at radius 2 is 2.00 bits per heavy atom. The third-order valence-corrected chi connectivity index (χ3v) is 6.84. The first-order valence-corrected chi connectivity index (χ1v) is 11.2. The van der Waals surface area contributed by atoms with Crippen LogP contribution in [0.2, 0.25) is 0 Å². The second kappa shape index (κ2) is 7.91. The standard InChI is InChI=1S/C25H29N5O/c1-18-15-19(2)30(28-18)14-10-22(31)29-13-6-11-25(17-29)12-9-21-16-26-24(27-23(21)25)20-7-4-3-5-8-20/h3-5,7-8,15-16H,6,9-14,17H2,1-2H3. The molecule has 5 rings (SSSR count). The molecule has 6 nitrogen and oxygen atoms in total. The van der Waals surface area contributed by atoms with Gasteiger partial charge >= 0.3 is 0 Å². The molecule has 0 radical (unpaired) electrons. The summed E-state index contributed by atoms with van der Waals surface area (Å²) in [5, 5.41) is 4.50. The van der Waals surface area contributed by atoms with Crippen molar-refractivity contribution >= 4 is 5.91 Å². The first-order valence-electron chi connectivity index (χ1n) is 11.2. The summed E-state index contributed by atoms with van der Waals surface area (Å²) in [6.45, 7) is 6.27. The predicted octanol–water partition coefficient (Wildman–Crippen LogP) is 3.85. The Bertz CT molecular complexity index is 1100. The van der Waals surface area contributed by atoms with Crippen LogP contribution in [0, 0.1) is 13.8 Å². The summed E-state index contributed by atoms with van der Waals surface area (Å²) in [6.07, 6.45) is 6.66. The van der Waals surface area contributed by atoms with Crippen molar-refractivity contribution in [2.24, 2.45) is 0 Å². The zero-order valence-corrected chi connectivity index (χ0v) is 18.3. The molecule has 1 aliphatic carbocycles. The molecule has 1 aliphatic heterocycles. The monoisotopic (exact) mass is 415 g/mol. The molecule has 31 heavy (non-hydrogen) atoms. The fourth-order valence-electron chi connectivity index (χ4n) is 5.27. The van der Waals surface area contributed by atoms with Crippen LogP contribution in [0.5, 0.6) is 0 Å². The highest BCUT2D eigenvalue weighted by Crippen LogP contribution is 2.44. The summed E-state index contributed by atoms with van der Waals surface area (Å²) >= 11 is 0. The summed E-state index contributed by atoms with van der Waals surface area (Å²) in [6, 6.07) is 12.2. The molecule has 1 atom stereocenters. The maximum atomic E-state index is 13.1. The normalized spacial score (nSPS) is 20.3. The van der Waals surface area contributed by atoms with E-state index in [4.69, 9.17) is 4.98 Å². The van der Waals surface area contributed by atoms with Crippen LogP contribution in [0.15, 0.2) is 42.6 Å². The molecule has 1 aromatic carbocycles. The van der Waals surface area contributed by atoms with Gasteiger partial charge in [0.15, 0.2) is 5.82 Å². The van der Waals surface area contributed by atoms with Crippen molar-refractivity contribution < 1.29 is 4.79 Å². The third-order valence-electron chi connectivity index (χ3n) is 6.84. The quantitative estimate of drug-likeness (QED) is 0.649. The molecule has 1 spiro atoms. The van der Waals surface area contributed by atoms with Crippen LogP contribution in [-0.2, 0) is 23.2 Å². The van der Waals surface area contributed by atoms with Crippen molar-refractivity contribution in [3.05, 3.63) is 65.2 Å². The maximum absolute atomic E-state index is 13.1. The molecule has 0 N–H and O–H groups in total. The number of benzene rings is 1. The van der Waals surface area contributed by atoms with E-state index in [-0.39, 0.29) is 11.3 Å². The molecular formula is C25H29N5O. The average molecular weight is 416 g/mol. The summed E-state index contributed by atoms with van der Waals surface area (Å²) in [7, 11) is 0. The van der Waals surface area contributed by atoms with E-state index >= 15 is 0 Å². The minimum Gasteiger partial charge on any atom is -0.342 e. The second-order valence-electron chi connectivity index (χ2n) is 9.03. The van der Waals surface area contributed by atoms with Gasteiger partial charge in [0.2, 0.25) is 5.91 Å². The second-order valence-corrected chi connectivity index (χ2v) is 9.03. The number of hydrogen-bond acceptors (Lipinski definition) is 4. The van der Waals surface area contributed by atoms with Gasteiger partial charge in [0, 0.05) is 48.9 Å². The molecule has 0 saturated carbocycles. The average Bonchev–Trinajstić information content (AvgIpc) is 3.31. The molecule has 160 valence electrons. The Labute approximate surface area is 183 Å². The molecule has 3 aromatic rings. The van der Waals surface area contributed by atoms with Gasteiger partial charge < -0.3 is 4.90 Å². The number of amides is 1. The van der Waals surface area contributed by atoms with Crippen molar-refractivity contribution in [2.45, 2.75) is 57.9 Å². The van der Waals surface area contributed by atoms with Gasteiger partial charge in [-0.3, -0.25) is 9.48 Å². The molecule has 0 bridgehead atoms. The molecule has 2 aliphatic rings. The highest BCUT2D eigenvalue weighted by Gasteiger charge is 2.44. The van der Waals surface area contributed by atoms with Gasteiger partial charge in [0.05, 0.1) is 11.4 Å². The van der Waals surface area contributed by atoms with E-state index in [1.54, 1.807) is 0 Å². The Morgan fingerprint density at radius 1 is 1.16 bits per heavy atom. The number of fused-ring (bicyclic) bond motifs is 2. The number of aromatic nitrogens is 4. The van der Waals surface area contributed by atoms with Gasteiger partial charge in [-0.2, -0.15) is 5.10 Å². The highest BCUT2D eigenvalue weighted by molar-refractivity contribution is 5.76. The van der Waals surface area contributed by atoms with E-state index < -0.39 is 0 Å². The van der Waals surface area contributed by atoms with E-state index in [1.807, 2.05) is 42.9 Å². The Morgan fingerprint density at radius 3 is 2.77 bits per heavy atom. The Hall–Kier alpha value is -3.02. The van der Waals surface area contributed by atoms with Crippen molar-refractivity contribution in [3.63, 3.8) is 0 Å². The van der Waals surface area contributed by atoms with Gasteiger partial charge in [-0.25, -0.2) is 9.97 Å². The van der Waals surface area contributed by atoms with Crippen LogP contribution < -0.4 is 0 Å². The number of piperidine rings is 1. The minimum atomic E-state index is -0.0338. The molecule has 1 saturated heterocycles. The van der Waals surface area contributed by atoms with Gasteiger partial charge in [-0.15, -0.1) is 0 Å². The van der Waals surface area contributed by atoms with Crippen LogP contribution in [-0.4, -0.2) is 43.6 Å². The van der Waals surface area contributed by atoms with Crippen LogP contribution in [0.4, 0.5) is 0 Å². The van der Waals surface area contributed by atoms with Crippen LogP contribution in [0.1, 0.15) is 48.3 Å². The molecule has 2 aromatic heterocycles. The summed E-state index contributed by atoms with van der Waals surface area (Å²) in [5.74, 6) is 1.01. The Balaban J connectivity index is 1.34. The van der Waals surface area contributed by atoms with Crippen molar-refractivity contribution in [1.82, 2.24) is 24.6 Å². The number of hydrogen-bond donors (Lipinski definition) is 0. The highest BCUT2D eigenvalue weighted by atomic mass is 16.2. The van der Waals surface area contributed by atoms with E-state index in [0.717, 1.165) is 67.2 Å². The minimum absolute atomic E-state index is 0.0338. The third kappa shape index (κ3) is 3.75. The fraction of sp³-hybridized carbons (Fsp3) is 0.440. The van der Waals surface area contributed by atoms with E-state index in [9.17, 15) is 4.79 Å². The smallest absolute Gasteiger partial charge is 0.224 e. The molecule has 1 unspecified atom stereocenters. The number of rotatable bonds is 4. The number of carbonyl (C=O) groups is 1. The van der Waals surface area contributed by atoms with Crippen molar-refractivity contribution in [1.29, 1.82) is 0 Å². The van der Waals surface area contributed by atoms with Crippen LogP contribution in [0.25, 0.3) is 11.4 Å². The summed E-state index contributed by atoms with van der Waals surface area (Å²) in [4.78, 5) is 24.8. The molecule has 3 heterocycles. The van der Waals surface area contributed by atoms with Gasteiger partial charge in [0.25, 0.3) is 0 Å². The summed E-state index contributed by atoms with van der Waals surface area (Å²) < 4.78 is 1.94. The van der Waals surface area contributed by atoms with Crippen LogP contribution >= 0.6 is 0 Å². The topological polar surface area (TPSA) is 63.9 Å². The van der Waals surface area contributed by atoms with Crippen molar-refractivity contribution in [3.8, 4) is 11.4 Å². The summed E-state index contributed by atoms with van der Waals surface area (Å²) in [5.41, 5.74) is 5.53. The molecule has 1 fully saturated rings. The lowest BCUT2D eigenvalue weighted by Crippen LogP contribution is -2.48. The molecule has 1 amide bonds. The zero-order chi connectivity index (χ0) is 21.4. The zero-order valence-electron chi connectivity index (χ0n) is 18.3. The number of likely N-dealkylation sites (tertiary alicyclic amines) is 1. The van der Waals surface area contributed by atoms with Crippen molar-refractivity contribution in [2.75, 3.05) is 13.1 Å². The first kappa shape index (κ1) is 19.9. The lowest BCUT2D eigenvalue weighted by molar-refractivity contribution is -0.133. The van der Waals surface area contributed by atoms with Gasteiger partial charge in [0.1, 0.15) is 0 Å². The largest absolute Gasteiger partial charge is 0.342 e. The van der Waals surface area contributed by atoms with E-state index in [2.05, 4.69) is 33.2 Å². The Kier molecular flexibility index (Phi) is 5.08. The number of nitrogens with zero attached hydrogens (tertiary/aromatic N) is 5. The van der Waals surface area contributed by atoms with Crippen LogP contribution in [0.3, 0.4) is 0 Å². The predicted molar refractivity (Wildman–Crippen MR) is 120 cm³/mol. The SMILES string of the molecule is Cc1cc(C)n(CCC(=O)N2CCCC3(CCc4cnc(-c5ccccc5)nc43)C2)n1. The first-order chi connectivity index (χ1) is 15.0. The maximum Gasteiger partial charge on any atom is 0.224 e. The lowest BCUT2D eigenvalue weighted by Gasteiger charge is -2.40. The lowest BCUT2D eigenvalue weighted by atomic mass is 9.77. The number of aryl methyl sites for hydroxylation is 4. The molecular weight excluding hydrogens is 386 g/mol. The number of carbonyl (C=O) groups excluding carboxylic acids is 1. The van der Waals surface area contributed by atoms with Gasteiger partial charge in [-0.1, -0.05) is 30.3 Å². The van der Waals surface area contributed by atoms with E-state index in [1.165, 1.54) is 5.56 Å².